The van der Waals surface area contributed by atoms with Crippen molar-refractivity contribution < 1.29 is 14.0 Å². The number of nitrogens with zero attached hydrogens (tertiary/aromatic N) is 4. The molecule has 0 bridgehead atoms. The molecule has 2 aliphatic heterocycles. The zero-order valence-electron chi connectivity index (χ0n) is 15.4. The lowest BCUT2D eigenvalue weighted by atomic mass is 9.80. The fraction of sp³-hybridized carbons (Fsp3) is 0.765. The van der Waals surface area contributed by atoms with Crippen molar-refractivity contribution in [2.45, 2.75) is 65.1 Å². The molecule has 3 heterocycles. The SMILES string of the molecule is CCc1nnc(CN2CCC[C@@H]([C@@]3(C)NC(=O)N(C(C)C)C3=O)C2)o1. The first-order valence-corrected chi connectivity index (χ1v) is 9.04. The number of aromatic nitrogens is 2. The highest BCUT2D eigenvalue weighted by molar-refractivity contribution is 6.07. The van der Waals surface area contributed by atoms with Crippen LogP contribution in [0.1, 0.15) is 52.3 Å². The third kappa shape index (κ3) is 3.27. The number of likely N-dealkylation sites (tertiary alicyclic amines) is 1. The van der Waals surface area contributed by atoms with Gasteiger partial charge in [0.25, 0.3) is 5.91 Å². The van der Waals surface area contributed by atoms with Crippen LogP contribution in [0, 0.1) is 5.92 Å². The first-order chi connectivity index (χ1) is 11.8. The molecule has 1 aromatic rings. The summed E-state index contributed by atoms with van der Waals surface area (Å²) in [6.45, 7) is 9.77. The number of piperidine rings is 1. The second-order valence-corrected chi connectivity index (χ2v) is 7.42. The molecule has 25 heavy (non-hydrogen) atoms. The van der Waals surface area contributed by atoms with Crippen molar-refractivity contribution in [3.8, 4) is 0 Å². The van der Waals surface area contributed by atoms with Crippen molar-refractivity contribution in [3.05, 3.63) is 11.8 Å². The molecular formula is C17H27N5O3. The van der Waals surface area contributed by atoms with Crippen molar-refractivity contribution in [1.82, 2.24) is 25.3 Å². The predicted molar refractivity (Wildman–Crippen MR) is 90.6 cm³/mol. The van der Waals surface area contributed by atoms with Gasteiger partial charge in [-0.2, -0.15) is 0 Å². The first kappa shape index (κ1) is 17.8. The fourth-order valence-corrected chi connectivity index (χ4v) is 3.78. The van der Waals surface area contributed by atoms with Crippen LogP contribution in [0.15, 0.2) is 4.42 Å². The van der Waals surface area contributed by atoms with Crippen LogP contribution >= 0.6 is 0 Å². The monoisotopic (exact) mass is 349 g/mol. The number of amides is 3. The van der Waals surface area contributed by atoms with Gasteiger partial charge in [0.1, 0.15) is 5.54 Å². The van der Waals surface area contributed by atoms with Crippen LogP contribution in [-0.4, -0.2) is 56.6 Å². The largest absolute Gasteiger partial charge is 0.424 e. The van der Waals surface area contributed by atoms with Gasteiger partial charge in [-0.3, -0.25) is 14.6 Å². The van der Waals surface area contributed by atoms with E-state index in [0.717, 1.165) is 32.4 Å². The Balaban J connectivity index is 1.70. The van der Waals surface area contributed by atoms with Gasteiger partial charge in [-0.15, -0.1) is 10.2 Å². The summed E-state index contributed by atoms with van der Waals surface area (Å²) < 4.78 is 5.60. The van der Waals surface area contributed by atoms with Gasteiger partial charge < -0.3 is 9.73 Å². The summed E-state index contributed by atoms with van der Waals surface area (Å²) in [5.74, 6) is 1.19. The zero-order chi connectivity index (χ0) is 18.2. The molecule has 0 unspecified atom stereocenters. The molecule has 8 nitrogen and oxygen atoms in total. The van der Waals surface area contributed by atoms with Gasteiger partial charge in [-0.25, -0.2) is 4.79 Å². The number of aryl methyl sites for hydroxylation is 1. The van der Waals surface area contributed by atoms with Crippen LogP contribution < -0.4 is 5.32 Å². The maximum atomic E-state index is 12.9. The lowest BCUT2D eigenvalue weighted by Crippen LogP contribution is -2.56. The van der Waals surface area contributed by atoms with Crippen molar-refractivity contribution >= 4 is 11.9 Å². The molecule has 2 fully saturated rings. The summed E-state index contributed by atoms with van der Waals surface area (Å²) in [5.41, 5.74) is -0.844. The molecule has 1 N–H and O–H groups in total. The Morgan fingerprint density at radius 3 is 2.64 bits per heavy atom. The summed E-state index contributed by atoms with van der Waals surface area (Å²) >= 11 is 0. The molecule has 0 saturated carbocycles. The van der Waals surface area contributed by atoms with Crippen LogP contribution in [0.2, 0.25) is 0 Å². The number of nitrogens with one attached hydrogen (secondary N) is 1. The highest BCUT2D eigenvalue weighted by Crippen LogP contribution is 2.33. The molecule has 8 heteroatoms. The van der Waals surface area contributed by atoms with Crippen LogP contribution in [0.25, 0.3) is 0 Å². The Labute approximate surface area is 147 Å². The highest BCUT2D eigenvalue weighted by Gasteiger charge is 2.53. The lowest BCUT2D eigenvalue weighted by molar-refractivity contribution is -0.134. The molecule has 0 aliphatic carbocycles. The van der Waals surface area contributed by atoms with Crippen molar-refractivity contribution in [3.63, 3.8) is 0 Å². The third-order valence-electron chi connectivity index (χ3n) is 5.26. The summed E-state index contributed by atoms with van der Waals surface area (Å²) in [6, 6.07) is -0.427. The van der Waals surface area contributed by atoms with Crippen molar-refractivity contribution in [1.29, 1.82) is 0 Å². The maximum absolute atomic E-state index is 12.9. The van der Waals surface area contributed by atoms with E-state index < -0.39 is 5.54 Å². The van der Waals surface area contributed by atoms with Crippen LogP contribution in [-0.2, 0) is 17.8 Å². The average molecular weight is 349 g/mol. The first-order valence-electron chi connectivity index (χ1n) is 9.04. The molecule has 2 saturated heterocycles. The second kappa shape index (κ2) is 6.74. The molecular weight excluding hydrogens is 322 g/mol. The predicted octanol–water partition coefficient (Wildman–Crippen LogP) is 1.56. The van der Waals surface area contributed by atoms with Gasteiger partial charge in [0.2, 0.25) is 11.8 Å². The highest BCUT2D eigenvalue weighted by atomic mass is 16.4. The number of hydrogen-bond donors (Lipinski definition) is 1. The minimum Gasteiger partial charge on any atom is -0.424 e. The Kier molecular flexibility index (Phi) is 4.81. The van der Waals surface area contributed by atoms with E-state index in [0.29, 0.717) is 18.3 Å². The van der Waals surface area contributed by atoms with E-state index in [9.17, 15) is 9.59 Å². The molecule has 0 spiro atoms. The molecule has 0 aromatic carbocycles. The Morgan fingerprint density at radius 2 is 2.04 bits per heavy atom. The zero-order valence-corrected chi connectivity index (χ0v) is 15.4. The van der Waals surface area contributed by atoms with Gasteiger partial charge in [0, 0.05) is 24.9 Å². The quantitative estimate of drug-likeness (QED) is 0.811. The van der Waals surface area contributed by atoms with Gasteiger partial charge in [-0.05, 0) is 40.2 Å². The van der Waals surface area contributed by atoms with E-state index >= 15 is 0 Å². The molecule has 2 atom stereocenters. The standard InChI is InChI=1S/C17H27N5O3/c1-5-13-19-20-14(25-13)10-21-8-6-7-12(9-21)17(4)15(23)22(11(2)3)16(24)18-17/h11-12H,5-10H2,1-4H3,(H,18,24)/t12-,17-/m1/s1. The van der Waals surface area contributed by atoms with E-state index in [1.54, 1.807) is 0 Å². The summed E-state index contributed by atoms with van der Waals surface area (Å²) in [5, 5.41) is 11.0. The molecule has 2 aliphatic rings. The minimum absolute atomic E-state index is 0.0648. The number of carbonyl (C=O) groups excluding carboxylic acids is 2. The van der Waals surface area contributed by atoms with Crippen molar-refractivity contribution in [2.24, 2.45) is 5.92 Å². The van der Waals surface area contributed by atoms with Gasteiger partial charge >= 0.3 is 6.03 Å². The molecule has 1 aromatic heterocycles. The van der Waals surface area contributed by atoms with Gasteiger partial charge in [0.05, 0.1) is 6.54 Å². The summed E-state index contributed by atoms with van der Waals surface area (Å²) in [7, 11) is 0. The van der Waals surface area contributed by atoms with Crippen molar-refractivity contribution in [2.75, 3.05) is 13.1 Å². The van der Waals surface area contributed by atoms with Gasteiger partial charge in [-0.1, -0.05) is 6.92 Å². The Hall–Kier alpha value is -1.96. The number of urea groups is 1. The normalized spacial score (nSPS) is 28.0. The van der Waals surface area contributed by atoms with Crippen LogP contribution in [0.5, 0.6) is 0 Å². The Morgan fingerprint density at radius 1 is 1.32 bits per heavy atom. The molecule has 3 rings (SSSR count). The van der Waals surface area contributed by atoms with E-state index in [1.807, 2.05) is 27.7 Å². The summed E-state index contributed by atoms with van der Waals surface area (Å²) in [4.78, 5) is 28.7. The molecule has 0 radical (unpaired) electrons. The van der Waals surface area contributed by atoms with E-state index in [1.165, 1.54) is 4.90 Å². The average Bonchev–Trinajstić information content (AvgIpc) is 3.10. The maximum Gasteiger partial charge on any atom is 0.325 e. The molecule has 3 amide bonds. The van der Waals surface area contributed by atoms with E-state index in [2.05, 4.69) is 20.4 Å². The fourth-order valence-electron chi connectivity index (χ4n) is 3.78. The number of imide groups is 1. The second-order valence-electron chi connectivity index (χ2n) is 7.42. The number of hydrogen-bond acceptors (Lipinski definition) is 6. The van der Waals surface area contributed by atoms with Gasteiger partial charge in [0.15, 0.2) is 0 Å². The Bertz CT molecular complexity index is 658. The smallest absolute Gasteiger partial charge is 0.325 e. The third-order valence-corrected chi connectivity index (χ3v) is 5.26. The molecule has 138 valence electrons. The lowest BCUT2D eigenvalue weighted by Gasteiger charge is -2.39. The van der Waals surface area contributed by atoms with E-state index in [-0.39, 0.29) is 23.9 Å². The van der Waals surface area contributed by atoms with Crippen LogP contribution in [0.4, 0.5) is 4.79 Å². The number of rotatable bonds is 5. The van der Waals surface area contributed by atoms with Crippen LogP contribution in [0.3, 0.4) is 0 Å². The summed E-state index contributed by atoms with van der Waals surface area (Å²) in [6.07, 6.45) is 2.61. The topological polar surface area (TPSA) is 91.6 Å². The van der Waals surface area contributed by atoms with E-state index in [4.69, 9.17) is 4.42 Å². The minimum atomic E-state index is -0.844. The number of carbonyl (C=O) groups is 2.